The molecule has 3 rings (SSSR count). The number of halogens is 1. The van der Waals surface area contributed by atoms with Crippen LogP contribution in [0.15, 0.2) is 42.5 Å². The maximum absolute atomic E-state index is 12.8. The van der Waals surface area contributed by atoms with Crippen LogP contribution in [-0.2, 0) is 11.3 Å². The summed E-state index contributed by atoms with van der Waals surface area (Å²) < 4.78 is 10.1. The first-order valence-electron chi connectivity index (χ1n) is 9.04. The lowest BCUT2D eigenvalue weighted by molar-refractivity contribution is 0.0600. The smallest absolute Gasteiger partial charge is 0.337 e. The van der Waals surface area contributed by atoms with Crippen LogP contribution in [0.1, 0.15) is 26.3 Å². The monoisotopic (exact) mass is 402 g/mol. The number of carbonyl (C=O) groups is 2. The van der Waals surface area contributed by atoms with Crippen molar-refractivity contribution in [2.24, 2.45) is 0 Å². The van der Waals surface area contributed by atoms with Gasteiger partial charge in [-0.2, -0.15) is 0 Å². The van der Waals surface area contributed by atoms with Gasteiger partial charge in [-0.3, -0.25) is 9.69 Å². The summed E-state index contributed by atoms with van der Waals surface area (Å²) >= 11 is 6.11. The summed E-state index contributed by atoms with van der Waals surface area (Å²) in [5, 5.41) is 0.676. The molecular formula is C21H23ClN2O4. The molecule has 1 heterocycles. The molecule has 2 aromatic carbocycles. The SMILES string of the molecule is COC(=O)c1cccc(C(=O)N2CCN(Cc3cc(Cl)ccc3OC)CC2)c1. The van der Waals surface area contributed by atoms with Gasteiger partial charge in [-0.1, -0.05) is 17.7 Å². The van der Waals surface area contributed by atoms with Gasteiger partial charge in [0.25, 0.3) is 5.91 Å². The summed E-state index contributed by atoms with van der Waals surface area (Å²) in [6, 6.07) is 12.2. The minimum atomic E-state index is -0.449. The van der Waals surface area contributed by atoms with E-state index in [2.05, 4.69) is 4.90 Å². The van der Waals surface area contributed by atoms with Crippen LogP contribution < -0.4 is 4.74 Å². The Morgan fingerprint density at radius 1 is 1.00 bits per heavy atom. The van der Waals surface area contributed by atoms with Crippen molar-refractivity contribution >= 4 is 23.5 Å². The van der Waals surface area contributed by atoms with Gasteiger partial charge >= 0.3 is 5.97 Å². The molecule has 1 aliphatic rings. The highest BCUT2D eigenvalue weighted by molar-refractivity contribution is 6.30. The molecule has 0 aromatic heterocycles. The van der Waals surface area contributed by atoms with E-state index in [4.69, 9.17) is 21.1 Å². The average Bonchev–Trinajstić information content (AvgIpc) is 2.73. The van der Waals surface area contributed by atoms with Crippen molar-refractivity contribution in [2.75, 3.05) is 40.4 Å². The summed E-state index contributed by atoms with van der Waals surface area (Å²) in [6.07, 6.45) is 0. The third-order valence-electron chi connectivity index (χ3n) is 4.83. The van der Waals surface area contributed by atoms with Gasteiger partial charge in [0.2, 0.25) is 0 Å². The number of carbonyl (C=O) groups excluding carboxylic acids is 2. The maximum Gasteiger partial charge on any atom is 0.337 e. The molecule has 1 fully saturated rings. The molecular weight excluding hydrogens is 380 g/mol. The van der Waals surface area contributed by atoms with Gasteiger partial charge in [0.15, 0.2) is 0 Å². The summed E-state index contributed by atoms with van der Waals surface area (Å²) in [7, 11) is 2.97. The standard InChI is InChI=1S/C21H23ClN2O4/c1-27-19-7-6-18(22)13-17(19)14-23-8-10-24(11-9-23)20(25)15-4-3-5-16(12-15)21(26)28-2/h3-7,12-13H,8-11,14H2,1-2H3. The van der Waals surface area contributed by atoms with Crippen LogP contribution in [-0.4, -0.2) is 62.1 Å². The Kier molecular flexibility index (Phi) is 6.54. The Labute approximate surface area is 169 Å². The molecule has 0 aliphatic carbocycles. The van der Waals surface area contributed by atoms with E-state index in [1.54, 1.807) is 31.4 Å². The zero-order valence-electron chi connectivity index (χ0n) is 16.0. The predicted molar refractivity (Wildman–Crippen MR) is 107 cm³/mol. The maximum atomic E-state index is 12.8. The van der Waals surface area contributed by atoms with E-state index in [0.717, 1.165) is 24.4 Å². The lowest BCUT2D eigenvalue weighted by Gasteiger charge is -2.35. The molecule has 1 aliphatic heterocycles. The Bertz CT molecular complexity index is 863. The summed E-state index contributed by atoms with van der Waals surface area (Å²) in [5.74, 6) is 0.281. The lowest BCUT2D eigenvalue weighted by Crippen LogP contribution is -2.48. The van der Waals surface area contributed by atoms with Gasteiger partial charge in [-0.15, -0.1) is 0 Å². The first kappa shape index (κ1) is 20.2. The fourth-order valence-electron chi connectivity index (χ4n) is 3.30. The molecule has 148 valence electrons. The molecule has 0 spiro atoms. The lowest BCUT2D eigenvalue weighted by atomic mass is 10.1. The van der Waals surface area contributed by atoms with Gasteiger partial charge in [-0.25, -0.2) is 4.79 Å². The predicted octanol–water partition coefficient (Wildman–Crippen LogP) is 3.09. The highest BCUT2D eigenvalue weighted by Gasteiger charge is 2.23. The largest absolute Gasteiger partial charge is 0.496 e. The van der Waals surface area contributed by atoms with E-state index < -0.39 is 5.97 Å². The van der Waals surface area contributed by atoms with Gasteiger partial charge in [0, 0.05) is 48.9 Å². The van der Waals surface area contributed by atoms with Gasteiger partial charge in [0.1, 0.15) is 5.75 Å². The van der Waals surface area contributed by atoms with Crippen LogP contribution in [0, 0.1) is 0 Å². The van der Waals surface area contributed by atoms with Gasteiger partial charge < -0.3 is 14.4 Å². The van der Waals surface area contributed by atoms with E-state index in [9.17, 15) is 9.59 Å². The Balaban J connectivity index is 1.62. The number of piperazine rings is 1. The Morgan fingerprint density at radius 2 is 1.71 bits per heavy atom. The second-order valence-electron chi connectivity index (χ2n) is 6.60. The number of nitrogens with zero attached hydrogens (tertiary/aromatic N) is 2. The molecule has 7 heteroatoms. The highest BCUT2D eigenvalue weighted by atomic mass is 35.5. The minimum absolute atomic E-state index is 0.0780. The molecule has 6 nitrogen and oxygen atoms in total. The number of hydrogen-bond donors (Lipinski definition) is 0. The van der Waals surface area contributed by atoms with E-state index in [0.29, 0.717) is 35.8 Å². The van der Waals surface area contributed by atoms with E-state index in [-0.39, 0.29) is 5.91 Å². The first-order valence-corrected chi connectivity index (χ1v) is 9.42. The molecule has 0 saturated carbocycles. The summed E-state index contributed by atoms with van der Waals surface area (Å²) in [4.78, 5) is 28.5. The molecule has 1 saturated heterocycles. The van der Waals surface area contributed by atoms with Crippen LogP contribution in [0.3, 0.4) is 0 Å². The number of ether oxygens (including phenoxy) is 2. The summed E-state index contributed by atoms with van der Waals surface area (Å²) in [5.41, 5.74) is 1.90. The van der Waals surface area contributed by atoms with E-state index in [1.165, 1.54) is 7.11 Å². The third kappa shape index (κ3) is 4.64. The van der Waals surface area contributed by atoms with E-state index >= 15 is 0 Å². The highest BCUT2D eigenvalue weighted by Crippen LogP contribution is 2.24. The number of methoxy groups -OCH3 is 2. The van der Waals surface area contributed by atoms with Crippen molar-refractivity contribution in [3.8, 4) is 5.75 Å². The van der Waals surface area contributed by atoms with Crippen LogP contribution in [0.25, 0.3) is 0 Å². The van der Waals surface area contributed by atoms with Crippen molar-refractivity contribution in [3.05, 3.63) is 64.2 Å². The van der Waals surface area contributed by atoms with Crippen molar-refractivity contribution in [3.63, 3.8) is 0 Å². The topological polar surface area (TPSA) is 59.1 Å². The number of amides is 1. The molecule has 1 amide bonds. The first-order chi connectivity index (χ1) is 13.5. The molecule has 28 heavy (non-hydrogen) atoms. The van der Waals surface area contributed by atoms with Crippen molar-refractivity contribution in [1.82, 2.24) is 9.80 Å². The fraction of sp³-hybridized carbons (Fsp3) is 0.333. The minimum Gasteiger partial charge on any atom is -0.496 e. The van der Waals surface area contributed by atoms with Crippen LogP contribution in [0.2, 0.25) is 5.02 Å². The second kappa shape index (κ2) is 9.08. The molecule has 0 radical (unpaired) electrons. The van der Waals surface area contributed by atoms with Gasteiger partial charge in [0.05, 0.1) is 19.8 Å². The molecule has 0 atom stereocenters. The van der Waals surface area contributed by atoms with Crippen LogP contribution in [0.5, 0.6) is 5.75 Å². The number of rotatable bonds is 5. The number of hydrogen-bond acceptors (Lipinski definition) is 5. The zero-order chi connectivity index (χ0) is 20.1. The molecule has 0 unspecified atom stereocenters. The van der Waals surface area contributed by atoms with E-state index in [1.807, 2.05) is 23.1 Å². The average molecular weight is 403 g/mol. The quantitative estimate of drug-likeness (QED) is 0.719. The molecule has 0 bridgehead atoms. The Morgan fingerprint density at radius 3 is 2.39 bits per heavy atom. The molecule has 2 aromatic rings. The second-order valence-corrected chi connectivity index (χ2v) is 7.03. The normalized spacial score (nSPS) is 14.6. The Hall–Kier alpha value is -2.57. The van der Waals surface area contributed by atoms with Crippen molar-refractivity contribution in [2.45, 2.75) is 6.54 Å². The van der Waals surface area contributed by atoms with Gasteiger partial charge in [-0.05, 0) is 36.4 Å². The zero-order valence-corrected chi connectivity index (χ0v) is 16.7. The van der Waals surface area contributed by atoms with Crippen molar-refractivity contribution in [1.29, 1.82) is 0 Å². The third-order valence-corrected chi connectivity index (χ3v) is 5.06. The molecule has 0 N–H and O–H groups in total. The fourth-order valence-corrected chi connectivity index (χ4v) is 3.50. The number of benzene rings is 2. The number of esters is 1. The summed E-state index contributed by atoms with van der Waals surface area (Å²) in [6.45, 7) is 3.44. The van der Waals surface area contributed by atoms with Crippen molar-refractivity contribution < 1.29 is 19.1 Å². The van der Waals surface area contributed by atoms with Crippen LogP contribution >= 0.6 is 11.6 Å². The van der Waals surface area contributed by atoms with Crippen LogP contribution in [0.4, 0.5) is 0 Å².